The van der Waals surface area contributed by atoms with Crippen molar-refractivity contribution in [2.75, 3.05) is 18.9 Å². The highest BCUT2D eigenvalue weighted by atomic mass is 79.9. The summed E-state index contributed by atoms with van der Waals surface area (Å²) in [5, 5.41) is 4.73. The van der Waals surface area contributed by atoms with Gasteiger partial charge in [-0.2, -0.15) is 0 Å². The number of halogens is 1. The summed E-state index contributed by atoms with van der Waals surface area (Å²) in [6.45, 7) is 0.504. The number of nitrogens with one attached hydrogen (secondary N) is 2. The van der Waals surface area contributed by atoms with Gasteiger partial charge in [-0.15, -0.1) is 11.3 Å². The summed E-state index contributed by atoms with van der Waals surface area (Å²) in [5.74, 6) is 0.465. The normalized spacial score (nSPS) is 11.4. The molecule has 0 bridgehead atoms. The highest BCUT2D eigenvalue weighted by Gasteiger charge is 2.21. The number of hydrogen-bond donors (Lipinski definition) is 2. The van der Waals surface area contributed by atoms with E-state index >= 15 is 0 Å². The van der Waals surface area contributed by atoms with Crippen molar-refractivity contribution in [3.05, 3.63) is 39.0 Å². The van der Waals surface area contributed by atoms with Crippen LogP contribution in [0.2, 0.25) is 0 Å². The monoisotopic (exact) mass is 390 g/mol. The van der Waals surface area contributed by atoms with Gasteiger partial charge in [0.05, 0.1) is 12.8 Å². The Morgan fingerprint density at radius 2 is 2.10 bits per heavy atom. The maximum atomic E-state index is 12.5. The molecule has 0 amide bonds. The summed E-state index contributed by atoms with van der Waals surface area (Å²) in [6.07, 6.45) is 0. The van der Waals surface area contributed by atoms with Gasteiger partial charge < -0.3 is 10.1 Å². The van der Waals surface area contributed by atoms with E-state index in [4.69, 9.17) is 4.74 Å². The van der Waals surface area contributed by atoms with Crippen molar-refractivity contribution in [1.82, 2.24) is 5.32 Å². The van der Waals surface area contributed by atoms with Crippen molar-refractivity contribution in [3.63, 3.8) is 0 Å². The molecule has 5 nitrogen and oxygen atoms in total. The third-order valence-electron chi connectivity index (χ3n) is 2.74. The van der Waals surface area contributed by atoms with Crippen LogP contribution in [0.15, 0.2) is 39.0 Å². The van der Waals surface area contributed by atoms with E-state index in [-0.39, 0.29) is 4.90 Å². The number of rotatable bonds is 6. The van der Waals surface area contributed by atoms with E-state index in [1.165, 1.54) is 18.4 Å². The standard InChI is InChI=1S/C13H15BrN2O3S2/c1-15-8-12-13(5-6-20-12)21(17,18)16-10-7-9(14)3-4-11(10)19-2/h3-7,15-16H,8H2,1-2H3. The molecule has 0 unspecified atom stereocenters. The van der Waals surface area contributed by atoms with E-state index < -0.39 is 10.0 Å². The first-order valence-electron chi connectivity index (χ1n) is 6.05. The Kier molecular flexibility index (Phi) is 5.26. The van der Waals surface area contributed by atoms with E-state index in [0.29, 0.717) is 18.0 Å². The van der Waals surface area contributed by atoms with Gasteiger partial charge in [0.1, 0.15) is 10.6 Å². The Morgan fingerprint density at radius 3 is 2.76 bits per heavy atom. The molecule has 21 heavy (non-hydrogen) atoms. The lowest BCUT2D eigenvalue weighted by molar-refractivity contribution is 0.417. The number of sulfonamides is 1. The molecule has 2 N–H and O–H groups in total. The lowest BCUT2D eigenvalue weighted by atomic mass is 10.3. The van der Waals surface area contributed by atoms with Gasteiger partial charge in [-0.3, -0.25) is 4.72 Å². The van der Waals surface area contributed by atoms with Gasteiger partial charge in [-0.05, 0) is 36.7 Å². The van der Waals surface area contributed by atoms with Gasteiger partial charge in [0.25, 0.3) is 10.0 Å². The number of ether oxygens (including phenoxy) is 1. The zero-order valence-corrected chi connectivity index (χ0v) is 14.7. The molecule has 0 radical (unpaired) electrons. The number of methoxy groups -OCH3 is 1. The Hall–Kier alpha value is -1.09. The summed E-state index contributed by atoms with van der Waals surface area (Å²) >= 11 is 4.73. The molecule has 0 saturated heterocycles. The third kappa shape index (κ3) is 3.76. The first kappa shape index (κ1) is 16.3. The van der Waals surface area contributed by atoms with Crippen LogP contribution in [0.3, 0.4) is 0 Å². The highest BCUT2D eigenvalue weighted by molar-refractivity contribution is 9.10. The second-order valence-electron chi connectivity index (χ2n) is 4.19. The van der Waals surface area contributed by atoms with Crippen LogP contribution in [0, 0.1) is 0 Å². The minimum Gasteiger partial charge on any atom is -0.495 e. The number of benzene rings is 1. The SMILES string of the molecule is CNCc1sccc1S(=O)(=O)Nc1cc(Br)ccc1OC. The van der Waals surface area contributed by atoms with Gasteiger partial charge in [0.15, 0.2) is 0 Å². The molecule has 1 heterocycles. The molecule has 2 rings (SSSR count). The summed E-state index contributed by atoms with van der Waals surface area (Å²) < 4.78 is 33.6. The van der Waals surface area contributed by atoms with Crippen LogP contribution >= 0.6 is 27.3 Å². The molecule has 0 fully saturated rings. The minimum atomic E-state index is -3.65. The van der Waals surface area contributed by atoms with Crippen LogP contribution in [0.25, 0.3) is 0 Å². The van der Waals surface area contributed by atoms with Crippen molar-refractivity contribution in [2.24, 2.45) is 0 Å². The van der Waals surface area contributed by atoms with Gasteiger partial charge in [-0.1, -0.05) is 15.9 Å². The van der Waals surface area contributed by atoms with Crippen LogP contribution < -0.4 is 14.8 Å². The molecule has 0 saturated carbocycles. The molecule has 1 aromatic heterocycles. The van der Waals surface area contributed by atoms with Crippen LogP contribution in [0.1, 0.15) is 4.88 Å². The molecule has 0 aliphatic rings. The van der Waals surface area contributed by atoms with Gasteiger partial charge in [-0.25, -0.2) is 8.42 Å². The molecular weight excluding hydrogens is 376 g/mol. The van der Waals surface area contributed by atoms with Crippen molar-refractivity contribution in [3.8, 4) is 5.75 Å². The van der Waals surface area contributed by atoms with E-state index in [0.717, 1.165) is 9.35 Å². The van der Waals surface area contributed by atoms with Crippen LogP contribution in [0.4, 0.5) is 5.69 Å². The Bertz CT molecular complexity index is 729. The fraction of sp³-hybridized carbons (Fsp3) is 0.231. The van der Waals surface area contributed by atoms with Crippen LogP contribution in [-0.2, 0) is 16.6 Å². The fourth-order valence-corrected chi connectivity index (χ4v) is 4.70. The van der Waals surface area contributed by atoms with E-state index in [9.17, 15) is 8.42 Å². The maximum absolute atomic E-state index is 12.5. The minimum absolute atomic E-state index is 0.281. The third-order valence-corrected chi connectivity index (χ3v) is 5.73. The zero-order valence-electron chi connectivity index (χ0n) is 11.5. The molecule has 1 aromatic carbocycles. The summed E-state index contributed by atoms with van der Waals surface area (Å²) in [6, 6.07) is 6.75. The van der Waals surface area contributed by atoms with Crippen molar-refractivity contribution < 1.29 is 13.2 Å². The summed E-state index contributed by atoms with van der Waals surface area (Å²) in [7, 11) is -0.376. The Balaban J connectivity index is 2.37. The molecule has 0 aliphatic carbocycles. The first-order chi connectivity index (χ1) is 9.97. The quantitative estimate of drug-likeness (QED) is 0.795. The second-order valence-corrected chi connectivity index (χ2v) is 7.76. The Labute approximate surface area is 136 Å². The van der Waals surface area contributed by atoms with Gasteiger partial charge >= 0.3 is 0 Å². The van der Waals surface area contributed by atoms with Crippen molar-refractivity contribution >= 4 is 43.0 Å². The first-order valence-corrected chi connectivity index (χ1v) is 9.21. The van der Waals surface area contributed by atoms with Gasteiger partial charge in [0.2, 0.25) is 0 Å². The molecule has 0 atom stereocenters. The number of thiophene rings is 1. The number of hydrogen-bond acceptors (Lipinski definition) is 5. The number of anilines is 1. The highest BCUT2D eigenvalue weighted by Crippen LogP contribution is 2.31. The molecular formula is C13H15BrN2O3S2. The molecule has 0 aliphatic heterocycles. The fourth-order valence-electron chi connectivity index (χ4n) is 1.82. The van der Waals surface area contributed by atoms with Crippen molar-refractivity contribution in [1.29, 1.82) is 0 Å². The van der Waals surface area contributed by atoms with E-state index in [1.807, 2.05) is 0 Å². The average molecular weight is 391 g/mol. The summed E-state index contributed by atoms with van der Waals surface area (Å²) in [5.41, 5.74) is 0.397. The second kappa shape index (κ2) is 6.78. The largest absolute Gasteiger partial charge is 0.495 e. The topological polar surface area (TPSA) is 67.4 Å². The lowest BCUT2D eigenvalue weighted by Crippen LogP contribution is -2.16. The average Bonchev–Trinajstić information content (AvgIpc) is 2.88. The summed E-state index contributed by atoms with van der Waals surface area (Å²) in [4.78, 5) is 1.04. The lowest BCUT2D eigenvalue weighted by Gasteiger charge is -2.12. The van der Waals surface area contributed by atoms with Crippen LogP contribution in [-0.4, -0.2) is 22.6 Å². The van der Waals surface area contributed by atoms with E-state index in [2.05, 4.69) is 26.0 Å². The predicted molar refractivity (Wildman–Crippen MR) is 88.6 cm³/mol. The van der Waals surface area contributed by atoms with Crippen molar-refractivity contribution in [2.45, 2.75) is 11.4 Å². The van der Waals surface area contributed by atoms with Gasteiger partial charge in [0, 0.05) is 15.9 Å². The molecule has 2 aromatic rings. The predicted octanol–water partition coefficient (Wildman–Crippen LogP) is 3.04. The smallest absolute Gasteiger partial charge is 0.263 e. The molecule has 0 spiro atoms. The Morgan fingerprint density at radius 1 is 1.33 bits per heavy atom. The molecule has 114 valence electrons. The zero-order chi connectivity index (χ0) is 15.5. The van der Waals surface area contributed by atoms with Crippen LogP contribution in [0.5, 0.6) is 5.75 Å². The van der Waals surface area contributed by atoms with E-state index in [1.54, 1.807) is 36.7 Å². The molecule has 8 heteroatoms. The maximum Gasteiger partial charge on any atom is 0.263 e.